The molecule has 6 nitrogen and oxygen atoms in total. The monoisotopic (exact) mass is 201 g/mol. The molecule has 0 bridgehead atoms. The van der Waals surface area contributed by atoms with Gasteiger partial charge in [0.2, 0.25) is 0 Å². The van der Waals surface area contributed by atoms with E-state index in [0.717, 1.165) is 4.90 Å². The highest BCUT2D eigenvalue weighted by Gasteiger charge is 2.34. The lowest BCUT2D eigenvalue weighted by molar-refractivity contribution is -0.155. The van der Waals surface area contributed by atoms with Gasteiger partial charge in [0.15, 0.2) is 6.10 Å². The minimum atomic E-state index is -1.07. The van der Waals surface area contributed by atoms with Crippen molar-refractivity contribution in [2.24, 2.45) is 0 Å². The summed E-state index contributed by atoms with van der Waals surface area (Å²) in [5, 5.41) is 8.46. The van der Waals surface area contributed by atoms with Gasteiger partial charge >= 0.3 is 11.9 Å². The highest BCUT2D eigenvalue weighted by Crippen LogP contribution is 2.14. The second-order valence-electron chi connectivity index (χ2n) is 3.04. The summed E-state index contributed by atoms with van der Waals surface area (Å²) in [6.45, 7) is 1.20. The van der Waals surface area contributed by atoms with Gasteiger partial charge < -0.3 is 14.7 Å². The SMILES string of the molecule is CC(=O)O[C@@H]1CCN(CC(=O)O)C1=O. The van der Waals surface area contributed by atoms with Crippen LogP contribution in [0.2, 0.25) is 0 Å². The van der Waals surface area contributed by atoms with Gasteiger partial charge in [-0.05, 0) is 0 Å². The Morgan fingerprint density at radius 1 is 1.64 bits per heavy atom. The molecule has 1 amide bonds. The molecular weight excluding hydrogens is 190 g/mol. The first-order valence-corrected chi connectivity index (χ1v) is 4.18. The molecule has 78 valence electrons. The number of ether oxygens (including phenoxy) is 1. The van der Waals surface area contributed by atoms with Gasteiger partial charge in [0.1, 0.15) is 6.54 Å². The highest BCUT2D eigenvalue weighted by molar-refractivity contribution is 5.88. The number of nitrogens with zero attached hydrogens (tertiary/aromatic N) is 1. The molecule has 6 heteroatoms. The third-order valence-corrected chi connectivity index (χ3v) is 1.88. The Hall–Kier alpha value is -1.59. The van der Waals surface area contributed by atoms with Crippen LogP contribution in [0.1, 0.15) is 13.3 Å². The van der Waals surface area contributed by atoms with Gasteiger partial charge in [-0.15, -0.1) is 0 Å². The molecule has 1 saturated heterocycles. The van der Waals surface area contributed by atoms with Crippen molar-refractivity contribution in [3.8, 4) is 0 Å². The number of carboxylic acid groups (broad SMARTS) is 1. The van der Waals surface area contributed by atoms with Crippen LogP contribution in [0.15, 0.2) is 0 Å². The van der Waals surface area contributed by atoms with Crippen LogP contribution in [-0.2, 0) is 19.1 Å². The van der Waals surface area contributed by atoms with Crippen molar-refractivity contribution in [1.29, 1.82) is 0 Å². The van der Waals surface area contributed by atoms with Gasteiger partial charge in [-0.1, -0.05) is 0 Å². The zero-order valence-corrected chi connectivity index (χ0v) is 7.73. The predicted molar refractivity (Wildman–Crippen MR) is 44.4 cm³/mol. The Morgan fingerprint density at radius 3 is 2.79 bits per heavy atom. The lowest BCUT2D eigenvalue weighted by atomic mass is 10.3. The number of rotatable bonds is 3. The van der Waals surface area contributed by atoms with Crippen LogP contribution in [-0.4, -0.2) is 47.0 Å². The average Bonchev–Trinajstić information content (AvgIpc) is 2.34. The van der Waals surface area contributed by atoms with Crippen LogP contribution in [0.25, 0.3) is 0 Å². The van der Waals surface area contributed by atoms with Crippen LogP contribution in [0.5, 0.6) is 0 Å². The first kappa shape index (κ1) is 10.5. The molecule has 1 N–H and O–H groups in total. The van der Waals surface area contributed by atoms with Crippen LogP contribution in [0.3, 0.4) is 0 Å². The van der Waals surface area contributed by atoms with E-state index in [1.54, 1.807) is 0 Å². The smallest absolute Gasteiger partial charge is 0.323 e. The molecule has 0 aromatic rings. The molecule has 1 heterocycles. The molecule has 14 heavy (non-hydrogen) atoms. The normalized spacial score (nSPS) is 21.1. The zero-order valence-electron chi connectivity index (χ0n) is 7.73. The Morgan fingerprint density at radius 2 is 2.29 bits per heavy atom. The summed E-state index contributed by atoms with van der Waals surface area (Å²) < 4.78 is 4.71. The van der Waals surface area contributed by atoms with E-state index in [1.807, 2.05) is 0 Å². The third kappa shape index (κ3) is 2.45. The maximum Gasteiger partial charge on any atom is 0.323 e. The van der Waals surface area contributed by atoms with Crippen molar-refractivity contribution in [1.82, 2.24) is 4.90 Å². The van der Waals surface area contributed by atoms with Gasteiger partial charge in [-0.2, -0.15) is 0 Å². The van der Waals surface area contributed by atoms with Crippen LogP contribution < -0.4 is 0 Å². The first-order valence-electron chi connectivity index (χ1n) is 4.18. The Kier molecular flexibility index (Phi) is 3.06. The van der Waals surface area contributed by atoms with Crippen LogP contribution in [0.4, 0.5) is 0 Å². The molecule has 1 fully saturated rings. The van der Waals surface area contributed by atoms with Gasteiger partial charge in [0.05, 0.1) is 0 Å². The van der Waals surface area contributed by atoms with E-state index in [-0.39, 0.29) is 6.54 Å². The summed E-state index contributed by atoms with van der Waals surface area (Å²) in [7, 11) is 0. The summed E-state index contributed by atoms with van der Waals surface area (Å²) >= 11 is 0. The number of esters is 1. The molecule has 0 unspecified atom stereocenters. The largest absolute Gasteiger partial charge is 0.480 e. The summed E-state index contributed by atoms with van der Waals surface area (Å²) in [5.41, 5.74) is 0. The fourth-order valence-corrected chi connectivity index (χ4v) is 1.34. The molecule has 1 aliphatic heterocycles. The van der Waals surface area contributed by atoms with E-state index in [1.165, 1.54) is 6.92 Å². The topological polar surface area (TPSA) is 83.9 Å². The maximum atomic E-state index is 11.4. The van der Waals surface area contributed by atoms with Crippen LogP contribution in [0, 0.1) is 0 Å². The van der Waals surface area contributed by atoms with Gasteiger partial charge in [-0.3, -0.25) is 14.4 Å². The average molecular weight is 201 g/mol. The lowest BCUT2D eigenvalue weighted by Gasteiger charge is -2.13. The third-order valence-electron chi connectivity index (χ3n) is 1.88. The lowest BCUT2D eigenvalue weighted by Crippen LogP contribution is -2.35. The fourth-order valence-electron chi connectivity index (χ4n) is 1.34. The van der Waals surface area contributed by atoms with Crippen molar-refractivity contribution in [2.75, 3.05) is 13.1 Å². The Bertz CT molecular complexity index is 249. The Balaban J connectivity index is 2.51. The number of likely N-dealkylation sites (tertiary alicyclic amines) is 1. The fraction of sp³-hybridized carbons (Fsp3) is 0.625. The van der Waals surface area contributed by atoms with E-state index >= 15 is 0 Å². The van der Waals surface area contributed by atoms with E-state index < -0.39 is 23.9 Å². The molecule has 1 atom stereocenters. The summed E-state index contributed by atoms with van der Waals surface area (Å²) in [6.07, 6.45) is -0.432. The van der Waals surface area contributed by atoms with Crippen molar-refractivity contribution < 1.29 is 24.2 Å². The molecule has 0 aliphatic carbocycles. The minimum absolute atomic E-state index is 0.323. The van der Waals surface area contributed by atoms with Crippen molar-refractivity contribution in [2.45, 2.75) is 19.4 Å². The molecule has 0 aromatic carbocycles. The number of carbonyl (C=O) groups excluding carboxylic acids is 2. The van der Waals surface area contributed by atoms with Crippen molar-refractivity contribution in [3.05, 3.63) is 0 Å². The van der Waals surface area contributed by atoms with Crippen molar-refractivity contribution in [3.63, 3.8) is 0 Å². The highest BCUT2D eigenvalue weighted by atomic mass is 16.5. The van der Waals surface area contributed by atoms with Gasteiger partial charge in [-0.25, -0.2) is 0 Å². The van der Waals surface area contributed by atoms with Crippen molar-refractivity contribution >= 4 is 17.8 Å². The number of hydrogen-bond donors (Lipinski definition) is 1. The summed E-state index contributed by atoms with van der Waals surface area (Å²) in [6, 6.07) is 0. The second kappa shape index (κ2) is 4.08. The van der Waals surface area contributed by atoms with E-state index in [9.17, 15) is 14.4 Å². The minimum Gasteiger partial charge on any atom is -0.480 e. The standard InChI is InChI=1S/C8H11NO5/c1-5(10)14-6-2-3-9(8(6)13)4-7(11)12/h6H,2-4H2,1H3,(H,11,12)/t6-/m1/s1. The summed E-state index contributed by atoms with van der Waals surface area (Å²) in [4.78, 5) is 33.4. The van der Waals surface area contributed by atoms with E-state index in [4.69, 9.17) is 9.84 Å². The molecule has 0 aromatic heterocycles. The molecular formula is C8H11NO5. The molecule has 0 saturated carbocycles. The molecule has 0 radical (unpaired) electrons. The first-order chi connectivity index (χ1) is 6.50. The maximum absolute atomic E-state index is 11.4. The van der Waals surface area contributed by atoms with Gasteiger partial charge in [0, 0.05) is 19.9 Å². The number of carboxylic acids is 1. The van der Waals surface area contributed by atoms with E-state index in [2.05, 4.69) is 0 Å². The summed E-state index contributed by atoms with van der Waals surface area (Å²) in [5.74, 6) is -2.02. The van der Waals surface area contributed by atoms with E-state index in [0.29, 0.717) is 13.0 Å². The molecule has 1 rings (SSSR count). The predicted octanol–water partition coefficient (Wildman–Crippen LogP) is -0.765. The second-order valence-corrected chi connectivity index (χ2v) is 3.04. The zero-order chi connectivity index (χ0) is 10.7. The van der Waals surface area contributed by atoms with Crippen LogP contribution >= 0.6 is 0 Å². The van der Waals surface area contributed by atoms with Gasteiger partial charge in [0.25, 0.3) is 5.91 Å². The number of carbonyl (C=O) groups is 3. The Labute approximate surface area is 80.4 Å². The number of hydrogen-bond acceptors (Lipinski definition) is 4. The molecule has 1 aliphatic rings. The number of aliphatic carboxylic acids is 1. The molecule has 0 spiro atoms. The number of amides is 1. The quantitative estimate of drug-likeness (QED) is 0.606.